The highest BCUT2D eigenvalue weighted by Crippen LogP contribution is 2.25. The Morgan fingerprint density at radius 1 is 1.24 bits per heavy atom. The minimum absolute atomic E-state index is 0.141. The molecule has 0 aromatic heterocycles. The highest BCUT2D eigenvalue weighted by atomic mass is 15.1. The van der Waals surface area contributed by atoms with Crippen molar-refractivity contribution in [3.05, 3.63) is 35.9 Å². The number of hydrogen-bond donors (Lipinski definition) is 1. The Balaban J connectivity index is 1.79. The molecule has 0 radical (unpaired) electrons. The molecule has 2 nitrogen and oxygen atoms in total. The largest absolute Gasteiger partial charge is 0.323 e. The lowest BCUT2D eigenvalue weighted by atomic mass is 10.1. The number of rotatable bonds is 5. The summed E-state index contributed by atoms with van der Waals surface area (Å²) in [6.45, 7) is 2.17. The Labute approximate surface area is 105 Å². The molecular formula is C15H24N2. The first-order valence-corrected chi connectivity index (χ1v) is 6.75. The van der Waals surface area contributed by atoms with Crippen molar-refractivity contribution < 1.29 is 0 Å². The van der Waals surface area contributed by atoms with Crippen LogP contribution < -0.4 is 5.73 Å². The summed E-state index contributed by atoms with van der Waals surface area (Å²) in [6, 6.07) is 10.5. The van der Waals surface area contributed by atoms with Crippen LogP contribution in [-0.4, -0.2) is 25.0 Å². The van der Waals surface area contributed by atoms with Crippen molar-refractivity contribution >= 4 is 0 Å². The number of nitrogens with zero attached hydrogens (tertiary/aromatic N) is 1. The van der Waals surface area contributed by atoms with Gasteiger partial charge < -0.3 is 10.6 Å². The molecule has 0 aliphatic heterocycles. The number of likely N-dealkylation sites (N-methyl/N-ethyl adjacent to an activating group) is 1. The fraction of sp³-hybridized carbons (Fsp3) is 0.600. The summed E-state index contributed by atoms with van der Waals surface area (Å²) in [4.78, 5) is 2.40. The number of benzene rings is 1. The van der Waals surface area contributed by atoms with Gasteiger partial charge >= 0.3 is 0 Å². The van der Waals surface area contributed by atoms with Crippen molar-refractivity contribution in [1.82, 2.24) is 4.90 Å². The molecule has 0 bridgehead atoms. The topological polar surface area (TPSA) is 29.3 Å². The molecule has 1 aliphatic carbocycles. The maximum absolute atomic E-state index is 6.23. The maximum Gasteiger partial charge on any atom is 0.0424 e. The van der Waals surface area contributed by atoms with Crippen molar-refractivity contribution in [2.75, 3.05) is 20.1 Å². The van der Waals surface area contributed by atoms with Gasteiger partial charge in [0, 0.05) is 19.1 Å². The van der Waals surface area contributed by atoms with E-state index in [-0.39, 0.29) is 6.04 Å². The van der Waals surface area contributed by atoms with Crippen molar-refractivity contribution in [2.24, 2.45) is 11.7 Å². The lowest BCUT2D eigenvalue weighted by molar-refractivity contribution is 0.264. The van der Waals surface area contributed by atoms with Crippen LogP contribution >= 0.6 is 0 Å². The molecule has 0 amide bonds. The van der Waals surface area contributed by atoms with Crippen LogP contribution in [0.1, 0.15) is 37.3 Å². The smallest absolute Gasteiger partial charge is 0.0424 e. The first kappa shape index (κ1) is 12.6. The second kappa shape index (κ2) is 6.18. The Kier molecular flexibility index (Phi) is 4.57. The average Bonchev–Trinajstić information content (AvgIpc) is 2.82. The molecule has 0 heterocycles. The van der Waals surface area contributed by atoms with Gasteiger partial charge in [0.15, 0.2) is 0 Å². The van der Waals surface area contributed by atoms with Crippen LogP contribution in [0.3, 0.4) is 0 Å². The van der Waals surface area contributed by atoms with E-state index in [1.165, 1.54) is 37.8 Å². The molecular weight excluding hydrogens is 208 g/mol. The van der Waals surface area contributed by atoms with Gasteiger partial charge in [-0.3, -0.25) is 0 Å². The van der Waals surface area contributed by atoms with E-state index in [2.05, 4.69) is 36.2 Å². The summed E-state index contributed by atoms with van der Waals surface area (Å²) in [6.07, 6.45) is 5.66. The quantitative estimate of drug-likeness (QED) is 0.846. The molecule has 1 aliphatic rings. The minimum Gasteiger partial charge on any atom is -0.323 e. The predicted molar refractivity (Wildman–Crippen MR) is 72.8 cm³/mol. The highest BCUT2D eigenvalue weighted by molar-refractivity contribution is 5.18. The van der Waals surface area contributed by atoms with Crippen LogP contribution in [0, 0.1) is 5.92 Å². The summed E-state index contributed by atoms with van der Waals surface area (Å²) in [5.74, 6) is 0.906. The predicted octanol–water partition coefficient (Wildman–Crippen LogP) is 2.81. The van der Waals surface area contributed by atoms with Crippen LogP contribution in [-0.2, 0) is 0 Å². The van der Waals surface area contributed by atoms with E-state index >= 15 is 0 Å². The molecule has 1 aromatic carbocycles. The third-order valence-corrected chi connectivity index (χ3v) is 3.78. The number of nitrogens with two attached hydrogens (primary N) is 1. The molecule has 94 valence electrons. The van der Waals surface area contributed by atoms with E-state index in [4.69, 9.17) is 5.73 Å². The van der Waals surface area contributed by atoms with Gasteiger partial charge in [0.25, 0.3) is 0 Å². The molecule has 1 fully saturated rings. The summed E-state index contributed by atoms with van der Waals surface area (Å²) >= 11 is 0. The Morgan fingerprint density at radius 3 is 2.53 bits per heavy atom. The van der Waals surface area contributed by atoms with Crippen molar-refractivity contribution in [3.63, 3.8) is 0 Å². The van der Waals surface area contributed by atoms with E-state index in [0.29, 0.717) is 0 Å². The van der Waals surface area contributed by atoms with E-state index in [0.717, 1.165) is 12.5 Å². The lowest BCUT2D eigenvalue weighted by Crippen LogP contribution is -2.32. The van der Waals surface area contributed by atoms with Gasteiger partial charge in [-0.25, -0.2) is 0 Å². The van der Waals surface area contributed by atoms with Gasteiger partial charge in [-0.05, 0) is 31.4 Å². The van der Waals surface area contributed by atoms with Crippen LogP contribution in [0.5, 0.6) is 0 Å². The molecule has 0 saturated heterocycles. The third-order valence-electron chi connectivity index (χ3n) is 3.78. The van der Waals surface area contributed by atoms with E-state index in [1.807, 2.05) is 6.07 Å². The Bertz CT molecular complexity index is 317. The molecule has 2 heteroatoms. The zero-order chi connectivity index (χ0) is 12.1. The highest BCUT2D eigenvalue weighted by Gasteiger charge is 2.18. The lowest BCUT2D eigenvalue weighted by Gasteiger charge is -2.24. The maximum atomic E-state index is 6.23. The van der Waals surface area contributed by atoms with Crippen molar-refractivity contribution in [1.29, 1.82) is 0 Å². The fourth-order valence-electron chi connectivity index (χ4n) is 2.85. The zero-order valence-electron chi connectivity index (χ0n) is 10.8. The van der Waals surface area contributed by atoms with Crippen LogP contribution in [0.25, 0.3) is 0 Å². The summed E-state index contributed by atoms with van der Waals surface area (Å²) < 4.78 is 0. The Morgan fingerprint density at radius 2 is 1.88 bits per heavy atom. The van der Waals surface area contributed by atoms with Crippen LogP contribution in [0.4, 0.5) is 0 Å². The molecule has 0 spiro atoms. The first-order chi connectivity index (χ1) is 8.25. The van der Waals surface area contributed by atoms with Crippen LogP contribution in [0.15, 0.2) is 30.3 Å². The second-order valence-electron chi connectivity index (χ2n) is 5.39. The number of hydrogen-bond acceptors (Lipinski definition) is 2. The zero-order valence-corrected chi connectivity index (χ0v) is 10.8. The van der Waals surface area contributed by atoms with Crippen molar-refractivity contribution in [3.8, 4) is 0 Å². The van der Waals surface area contributed by atoms with E-state index in [1.54, 1.807) is 0 Å². The summed E-state index contributed by atoms with van der Waals surface area (Å²) in [7, 11) is 2.20. The Hall–Kier alpha value is -0.860. The normalized spacial score (nSPS) is 18.8. The van der Waals surface area contributed by atoms with E-state index < -0.39 is 0 Å². The molecule has 1 saturated carbocycles. The molecule has 17 heavy (non-hydrogen) atoms. The second-order valence-corrected chi connectivity index (χ2v) is 5.39. The first-order valence-electron chi connectivity index (χ1n) is 6.75. The van der Waals surface area contributed by atoms with Gasteiger partial charge in [0.05, 0.1) is 0 Å². The SMILES string of the molecule is CN(CC1CCCC1)CC(N)c1ccccc1. The molecule has 2 rings (SSSR count). The fourth-order valence-corrected chi connectivity index (χ4v) is 2.85. The molecule has 1 unspecified atom stereocenters. The van der Waals surface area contributed by atoms with E-state index in [9.17, 15) is 0 Å². The van der Waals surface area contributed by atoms with Crippen LogP contribution in [0.2, 0.25) is 0 Å². The summed E-state index contributed by atoms with van der Waals surface area (Å²) in [5.41, 5.74) is 7.47. The van der Waals surface area contributed by atoms with Gasteiger partial charge in [0.1, 0.15) is 0 Å². The summed E-state index contributed by atoms with van der Waals surface area (Å²) in [5, 5.41) is 0. The monoisotopic (exact) mass is 232 g/mol. The van der Waals surface area contributed by atoms with Gasteiger partial charge in [-0.15, -0.1) is 0 Å². The minimum atomic E-state index is 0.141. The third kappa shape index (κ3) is 3.83. The average molecular weight is 232 g/mol. The molecule has 1 aromatic rings. The van der Waals surface area contributed by atoms with Gasteiger partial charge in [-0.2, -0.15) is 0 Å². The van der Waals surface area contributed by atoms with Gasteiger partial charge in [-0.1, -0.05) is 43.2 Å². The molecule has 2 N–H and O–H groups in total. The molecule has 1 atom stereocenters. The van der Waals surface area contributed by atoms with Crippen molar-refractivity contribution in [2.45, 2.75) is 31.7 Å². The standard InChI is InChI=1S/C15H24N2/c1-17(11-13-7-5-6-8-13)12-15(16)14-9-3-2-4-10-14/h2-4,9-10,13,15H,5-8,11-12,16H2,1H3. The van der Waals surface area contributed by atoms with Gasteiger partial charge in [0.2, 0.25) is 0 Å².